The number of hydrogen-bond donors (Lipinski definition) is 1. The maximum Gasteiger partial charge on any atom is 0.220 e. The Bertz CT molecular complexity index is 1160. The van der Waals surface area contributed by atoms with Crippen LogP contribution in [0.1, 0.15) is 28.7 Å². The minimum atomic E-state index is -0.228. The molecule has 1 heterocycles. The molecule has 4 aromatic rings. The first-order valence-corrected chi connectivity index (χ1v) is 10.2. The van der Waals surface area contributed by atoms with Crippen LogP contribution in [-0.4, -0.2) is 10.5 Å². The SMILES string of the molecule is Cc1ccccc1CNC(=O)CCc1cn(Cc2ccc(F)cc2)c2ccccc12. The summed E-state index contributed by atoms with van der Waals surface area (Å²) in [7, 11) is 0. The first kappa shape index (κ1) is 19.9. The number of para-hydroxylation sites is 1. The van der Waals surface area contributed by atoms with Gasteiger partial charge in [0, 0.05) is 36.6 Å². The van der Waals surface area contributed by atoms with Crippen molar-refractivity contribution in [3.05, 3.63) is 107 Å². The zero-order valence-electron chi connectivity index (χ0n) is 17.1. The average Bonchev–Trinajstić information content (AvgIpc) is 3.11. The van der Waals surface area contributed by atoms with E-state index in [1.807, 2.05) is 42.5 Å². The lowest BCUT2D eigenvalue weighted by Gasteiger charge is -2.07. The van der Waals surface area contributed by atoms with Gasteiger partial charge in [-0.05, 0) is 53.8 Å². The molecule has 0 saturated heterocycles. The fraction of sp³-hybridized carbons (Fsp3) is 0.192. The van der Waals surface area contributed by atoms with E-state index in [4.69, 9.17) is 0 Å². The van der Waals surface area contributed by atoms with Crippen LogP contribution >= 0.6 is 0 Å². The summed E-state index contributed by atoms with van der Waals surface area (Å²) >= 11 is 0. The molecule has 0 aliphatic carbocycles. The highest BCUT2D eigenvalue weighted by Gasteiger charge is 2.11. The van der Waals surface area contributed by atoms with Gasteiger partial charge in [0.25, 0.3) is 0 Å². The summed E-state index contributed by atoms with van der Waals surface area (Å²) in [5.74, 6) is -0.179. The second kappa shape index (κ2) is 8.95. The largest absolute Gasteiger partial charge is 0.352 e. The molecule has 1 N–H and O–H groups in total. The van der Waals surface area contributed by atoms with Crippen molar-refractivity contribution in [2.24, 2.45) is 0 Å². The summed E-state index contributed by atoms with van der Waals surface area (Å²) in [6, 6.07) is 22.9. The zero-order chi connectivity index (χ0) is 20.9. The molecular weight excluding hydrogens is 375 g/mol. The van der Waals surface area contributed by atoms with Gasteiger partial charge in [-0.25, -0.2) is 4.39 Å². The molecule has 1 amide bonds. The van der Waals surface area contributed by atoms with Gasteiger partial charge in [0.15, 0.2) is 0 Å². The molecule has 0 saturated carbocycles. The van der Waals surface area contributed by atoms with Crippen molar-refractivity contribution in [2.75, 3.05) is 0 Å². The van der Waals surface area contributed by atoms with E-state index in [1.54, 1.807) is 0 Å². The molecule has 0 atom stereocenters. The molecule has 0 radical (unpaired) electrons. The molecule has 0 unspecified atom stereocenters. The van der Waals surface area contributed by atoms with Gasteiger partial charge in [0.2, 0.25) is 5.91 Å². The van der Waals surface area contributed by atoms with Crippen LogP contribution in [0.25, 0.3) is 10.9 Å². The predicted octanol–water partition coefficient (Wildman–Crippen LogP) is 5.39. The Kier molecular flexibility index (Phi) is 5.94. The minimum Gasteiger partial charge on any atom is -0.352 e. The van der Waals surface area contributed by atoms with Gasteiger partial charge in [-0.15, -0.1) is 0 Å². The number of aromatic nitrogens is 1. The molecule has 4 heteroatoms. The zero-order valence-corrected chi connectivity index (χ0v) is 17.1. The number of carbonyl (C=O) groups excluding carboxylic acids is 1. The van der Waals surface area contributed by atoms with Crippen LogP contribution in [0, 0.1) is 12.7 Å². The third-order valence-corrected chi connectivity index (χ3v) is 5.50. The Hall–Kier alpha value is -3.40. The molecule has 3 nitrogen and oxygen atoms in total. The fourth-order valence-electron chi connectivity index (χ4n) is 3.78. The monoisotopic (exact) mass is 400 g/mol. The van der Waals surface area contributed by atoms with Crippen LogP contribution in [0.3, 0.4) is 0 Å². The number of amides is 1. The number of nitrogens with zero attached hydrogens (tertiary/aromatic N) is 1. The summed E-state index contributed by atoms with van der Waals surface area (Å²) in [6.45, 7) is 3.27. The predicted molar refractivity (Wildman–Crippen MR) is 119 cm³/mol. The topological polar surface area (TPSA) is 34.0 Å². The maximum atomic E-state index is 13.2. The summed E-state index contributed by atoms with van der Waals surface area (Å²) < 4.78 is 15.4. The van der Waals surface area contributed by atoms with Crippen molar-refractivity contribution >= 4 is 16.8 Å². The van der Waals surface area contributed by atoms with E-state index in [9.17, 15) is 9.18 Å². The lowest BCUT2D eigenvalue weighted by atomic mass is 10.1. The van der Waals surface area contributed by atoms with Crippen molar-refractivity contribution < 1.29 is 9.18 Å². The molecule has 30 heavy (non-hydrogen) atoms. The van der Waals surface area contributed by atoms with E-state index >= 15 is 0 Å². The first-order valence-electron chi connectivity index (χ1n) is 10.2. The molecular formula is C26H25FN2O. The number of fused-ring (bicyclic) bond motifs is 1. The molecule has 152 valence electrons. The standard InChI is InChI=1S/C26H25FN2O/c1-19-6-2-3-7-21(19)16-28-26(30)15-12-22-18-29(25-9-5-4-8-24(22)25)17-20-10-13-23(27)14-11-20/h2-11,13-14,18H,12,15-17H2,1H3,(H,28,30). The van der Waals surface area contributed by atoms with Crippen molar-refractivity contribution in [3.8, 4) is 0 Å². The molecule has 0 bridgehead atoms. The van der Waals surface area contributed by atoms with Gasteiger partial charge in [-0.3, -0.25) is 4.79 Å². The average molecular weight is 400 g/mol. The highest BCUT2D eigenvalue weighted by molar-refractivity contribution is 5.85. The Labute approximate surface area is 176 Å². The number of rotatable bonds is 7. The smallest absolute Gasteiger partial charge is 0.220 e. The fourth-order valence-corrected chi connectivity index (χ4v) is 3.78. The molecule has 0 spiro atoms. The van der Waals surface area contributed by atoms with Crippen LogP contribution in [0.15, 0.2) is 79.0 Å². The summed E-state index contributed by atoms with van der Waals surface area (Å²) in [5.41, 5.74) is 5.64. The summed E-state index contributed by atoms with van der Waals surface area (Å²) in [4.78, 5) is 12.4. The quantitative estimate of drug-likeness (QED) is 0.444. The van der Waals surface area contributed by atoms with Gasteiger partial charge in [-0.2, -0.15) is 0 Å². The highest BCUT2D eigenvalue weighted by Crippen LogP contribution is 2.23. The van der Waals surface area contributed by atoms with Crippen LogP contribution < -0.4 is 5.32 Å². The van der Waals surface area contributed by atoms with Crippen molar-refractivity contribution in [3.63, 3.8) is 0 Å². The number of nitrogens with one attached hydrogen (secondary N) is 1. The number of carbonyl (C=O) groups is 1. The highest BCUT2D eigenvalue weighted by atomic mass is 19.1. The number of benzene rings is 3. The van der Waals surface area contributed by atoms with Crippen molar-refractivity contribution in [1.82, 2.24) is 9.88 Å². The third kappa shape index (κ3) is 4.60. The van der Waals surface area contributed by atoms with Gasteiger partial charge in [-0.1, -0.05) is 54.6 Å². The maximum absolute atomic E-state index is 13.2. The van der Waals surface area contributed by atoms with Gasteiger partial charge >= 0.3 is 0 Å². The van der Waals surface area contributed by atoms with Crippen molar-refractivity contribution in [2.45, 2.75) is 32.9 Å². The molecule has 0 fully saturated rings. The summed E-state index contributed by atoms with van der Waals surface area (Å²) in [6.07, 6.45) is 3.23. The van der Waals surface area contributed by atoms with Crippen LogP contribution in [-0.2, 0) is 24.3 Å². The van der Waals surface area contributed by atoms with E-state index in [2.05, 4.69) is 41.2 Å². The van der Waals surface area contributed by atoms with Crippen LogP contribution in [0.4, 0.5) is 4.39 Å². The van der Waals surface area contributed by atoms with E-state index in [0.717, 1.165) is 27.6 Å². The Morgan fingerprint density at radius 2 is 1.67 bits per heavy atom. The Balaban J connectivity index is 1.44. The van der Waals surface area contributed by atoms with E-state index in [0.29, 0.717) is 25.9 Å². The normalized spacial score (nSPS) is 11.0. The Morgan fingerprint density at radius 1 is 0.933 bits per heavy atom. The second-order valence-corrected chi connectivity index (χ2v) is 7.63. The van der Waals surface area contributed by atoms with Crippen LogP contribution in [0.5, 0.6) is 0 Å². The molecule has 0 aliphatic heterocycles. The van der Waals surface area contributed by atoms with Gasteiger partial charge in [0.05, 0.1) is 0 Å². The third-order valence-electron chi connectivity index (χ3n) is 5.50. The molecule has 0 aliphatic rings. The molecule has 3 aromatic carbocycles. The lowest BCUT2D eigenvalue weighted by molar-refractivity contribution is -0.121. The van der Waals surface area contributed by atoms with E-state index in [1.165, 1.54) is 17.7 Å². The van der Waals surface area contributed by atoms with Gasteiger partial charge in [0.1, 0.15) is 5.82 Å². The van der Waals surface area contributed by atoms with Crippen LogP contribution in [0.2, 0.25) is 0 Å². The minimum absolute atomic E-state index is 0.0496. The van der Waals surface area contributed by atoms with E-state index in [-0.39, 0.29) is 11.7 Å². The van der Waals surface area contributed by atoms with E-state index < -0.39 is 0 Å². The summed E-state index contributed by atoms with van der Waals surface area (Å²) in [5, 5.41) is 4.19. The second-order valence-electron chi connectivity index (χ2n) is 7.63. The number of halogens is 1. The van der Waals surface area contributed by atoms with Gasteiger partial charge < -0.3 is 9.88 Å². The lowest BCUT2D eigenvalue weighted by Crippen LogP contribution is -2.23. The molecule has 4 rings (SSSR count). The molecule has 1 aromatic heterocycles. The first-order chi connectivity index (χ1) is 14.6. The number of hydrogen-bond acceptors (Lipinski definition) is 1. The Morgan fingerprint density at radius 3 is 2.47 bits per heavy atom. The number of aryl methyl sites for hydroxylation is 2. The van der Waals surface area contributed by atoms with Crippen molar-refractivity contribution in [1.29, 1.82) is 0 Å².